The average molecular weight is 488 g/mol. The van der Waals surface area contributed by atoms with Crippen molar-refractivity contribution in [2.45, 2.75) is 54.9 Å². The molecule has 7 nitrogen and oxygen atoms in total. The molecule has 0 fully saturated rings. The van der Waals surface area contributed by atoms with Gasteiger partial charge in [0.2, 0.25) is 0 Å². The van der Waals surface area contributed by atoms with E-state index < -0.39 is 13.4 Å². The van der Waals surface area contributed by atoms with Gasteiger partial charge in [0.25, 0.3) is 0 Å². The molecule has 0 saturated carbocycles. The summed E-state index contributed by atoms with van der Waals surface area (Å²) in [7, 11) is -4.60. The summed E-state index contributed by atoms with van der Waals surface area (Å²) in [4.78, 5) is 30.9. The fourth-order valence-electron chi connectivity index (χ4n) is 3.10. The summed E-state index contributed by atoms with van der Waals surface area (Å²) in [6, 6.07) is 10.2. The molecular formula is C21H27ClNO6PS. The predicted octanol–water partition coefficient (Wildman–Crippen LogP) is 4.94. The van der Waals surface area contributed by atoms with Gasteiger partial charge >= 0.3 is 7.82 Å². The van der Waals surface area contributed by atoms with Gasteiger partial charge in [-0.1, -0.05) is 42.8 Å². The van der Waals surface area contributed by atoms with E-state index in [0.29, 0.717) is 34.7 Å². The number of aromatic hydroxyl groups is 1. The molecule has 1 atom stereocenters. The van der Waals surface area contributed by atoms with Crippen molar-refractivity contribution in [1.82, 2.24) is 0 Å². The Hall–Kier alpha value is -1.38. The number of nitrogens with two attached hydrogens (primary N) is 1. The van der Waals surface area contributed by atoms with Crippen LogP contribution in [0.3, 0.4) is 0 Å². The zero-order valence-corrected chi connectivity index (χ0v) is 19.8. The Morgan fingerprint density at radius 1 is 1.23 bits per heavy atom. The van der Waals surface area contributed by atoms with Crippen LogP contribution in [0.5, 0.6) is 5.75 Å². The first-order valence-electron chi connectivity index (χ1n) is 9.71. The summed E-state index contributed by atoms with van der Waals surface area (Å²) in [5, 5.41) is 10.6. The van der Waals surface area contributed by atoms with Crippen LogP contribution in [0, 0.1) is 0 Å². The maximum atomic E-state index is 11.6. The van der Waals surface area contributed by atoms with Gasteiger partial charge in [0.1, 0.15) is 5.75 Å². The lowest BCUT2D eigenvalue weighted by Crippen LogP contribution is -2.44. The van der Waals surface area contributed by atoms with Crippen LogP contribution < -0.4 is 5.73 Å². The molecule has 2 aromatic carbocycles. The van der Waals surface area contributed by atoms with Gasteiger partial charge in [-0.25, -0.2) is 4.57 Å². The van der Waals surface area contributed by atoms with Crippen LogP contribution >= 0.6 is 31.2 Å². The van der Waals surface area contributed by atoms with Crippen LogP contribution in [-0.4, -0.2) is 32.8 Å². The number of rotatable bonds is 11. The van der Waals surface area contributed by atoms with Crippen molar-refractivity contribution in [1.29, 1.82) is 0 Å². The van der Waals surface area contributed by atoms with Gasteiger partial charge in [-0.05, 0) is 62.1 Å². The Balaban J connectivity index is 2.11. The Bertz CT molecular complexity index is 982. The van der Waals surface area contributed by atoms with E-state index >= 15 is 0 Å². The summed E-state index contributed by atoms with van der Waals surface area (Å²) in [5.41, 5.74) is 6.80. The summed E-state index contributed by atoms with van der Waals surface area (Å²) in [6.07, 6.45) is 2.24. The number of halogens is 1. The third kappa shape index (κ3) is 8.24. The second-order valence-corrected chi connectivity index (χ2v) is 10.2. The van der Waals surface area contributed by atoms with E-state index in [2.05, 4.69) is 4.52 Å². The highest BCUT2D eigenvalue weighted by molar-refractivity contribution is 7.99. The minimum absolute atomic E-state index is 0.0766. The molecule has 0 amide bonds. The Morgan fingerprint density at radius 2 is 1.94 bits per heavy atom. The summed E-state index contributed by atoms with van der Waals surface area (Å²) in [5.74, 6) is -0.0111. The fraction of sp³-hybridized carbons (Fsp3) is 0.381. The molecule has 0 spiro atoms. The van der Waals surface area contributed by atoms with Gasteiger partial charge in [0.05, 0.1) is 11.5 Å². The van der Waals surface area contributed by atoms with Gasteiger partial charge in [0.15, 0.2) is 5.78 Å². The van der Waals surface area contributed by atoms with Crippen molar-refractivity contribution in [3.8, 4) is 5.75 Å². The topological polar surface area (TPSA) is 130 Å². The van der Waals surface area contributed by atoms with Crippen molar-refractivity contribution >= 4 is 37.0 Å². The van der Waals surface area contributed by atoms with Crippen LogP contribution in [0.2, 0.25) is 5.02 Å². The third-order valence-corrected chi connectivity index (χ3v) is 6.63. The van der Waals surface area contributed by atoms with Crippen LogP contribution in [-0.2, 0) is 15.5 Å². The number of aryl methyl sites for hydroxylation is 1. The van der Waals surface area contributed by atoms with Crippen molar-refractivity contribution in [3.63, 3.8) is 0 Å². The lowest BCUT2D eigenvalue weighted by Gasteiger charge is -2.29. The third-order valence-electron chi connectivity index (χ3n) is 4.78. The molecule has 0 saturated heterocycles. The lowest BCUT2D eigenvalue weighted by molar-refractivity contribution is 0.101. The minimum atomic E-state index is -4.60. The molecule has 0 aromatic heterocycles. The van der Waals surface area contributed by atoms with E-state index in [0.717, 1.165) is 16.9 Å². The standard InChI is InChI=1S/C21H27ClNO6PS/c1-3-9-21(23,13-29-30(26,27)28)10-8-15-4-6-17(12-18(15)22)31-20-11-16(14(2)24)5-7-19(20)25/h4-7,11-12,25H,3,8-10,13,23H2,1-2H3,(H2,26,27,28)/t21-/m0/s1. The molecule has 10 heteroatoms. The minimum Gasteiger partial charge on any atom is -0.507 e. The first kappa shape index (κ1) is 25.9. The molecule has 0 radical (unpaired) electrons. The molecule has 0 aliphatic heterocycles. The number of phenolic OH excluding ortho intramolecular Hbond substituents is 1. The maximum absolute atomic E-state index is 11.6. The molecule has 0 unspecified atom stereocenters. The highest BCUT2D eigenvalue weighted by Crippen LogP contribution is 2.39. The molecule has 0 aliphatic rings. The molecule has 2 aromatic rings. The Kier molecular flexibility index (Phi) is 9.15. The lowest BCUT2D eigenvalue weighted by atomic mass is 9.89. The smallest absolute Gasteiger partial charge is 0.469 e. The molecule has 31 heavy (non-hydrogen) atoms. The Morgan fingerprint density at radius 3 is 2.52 bits per heavy atom. The number of carbonyl (C=O) groups excluding carboxylic acids is 1. The van der Waals surface area contributed by atoms with Crippen molar-refractivity contribution in [2.24, 2.45) is 5.73 Å². The number of phosphoric acid groups is 1. The van der Waals surface area contributed by atoms with Gasteiger partial charge in [-0.3, -0.25) is 9.32 Å². The van der Waals surface area contributed by atoms with Gasteiger partial charge in [-0.15, -0.1) is 0 Å². The van der Waals surface area contributed by atoms with Crippen LogP contribution in [0.25, 0.3) is 0 Å². The molecule has 5 N–H and O–H groups in total. The van der Waals surface area contributed by atoms with Crippen molar-refractivity contribution in [2.75, 3.05) is 6.61 Å². The van der Waals surface area contributed by atoms with Crippen LogP contribution in [0.1, 0.15) is 49.0 Å². The number of hydrogen-bond donors (Lipinski definition) is 4. The molecule has 2 rings (SSSR count). The van der Waals surface area contributed by atoms with E-state index in [1.165, 1.54) is 24.8 Å². The van der Waals surface area contributed by atoms with E-state index in [-0.39, 0.29) is 18.1 Å². The Labute approximate surface area is 191 Å². The normalized spacial score (nSPS) is 13.7. The largest absolute Gasteiger partial charge is 0.507 e. The first-order chi connectivity index (χ1) is 14.4. The highest BCUT2D eigenvalue weighted by atomic mass is 35.5. The van der Waals surface area contributed by atoms with Crippen molar-refractivity contribution in [3.05, 3.63) is 52.5 Å². The number of benzene rings is 2. The number of carbonyl (C=O) groups is 1. The summed E-state index contributed by atoms with van der Waals surface area (Å²) < 4.78 is 15.7. The second kappa shape index (κ2) is 11.0. The maximum Gasteiger partial charge on any atom is 0.469 e. The molecular weight excluding hydrogens is 461 g/mol. The molecule has 170 valence electrons. The molecule has 0 aliphatic carbocycles. The zero-order valence-electron chi connectivity index (χ0n) is 17.4. The predicted molar refractivity (Wildman–Crippen MR) is 122 cm³/mol. The van der Waals surface area contributed by atoms with Crippen LogP contribution in [0.15, 0.2) is 46.2 Å². The monoisotopic (exact) mass is 487 g/mol. The second-order valence-electron chi connectivity index (χ2n) is 7.47. The zero-order chi connectivity index (χ0) is 23.2. The molecule has 0 bridgehead atoms. The van der Waals surface area contributed by atoms with Gasteiger partial charge in [0, 0.05) is 21.0 Å². The number of phosphoric ester groups is 1. The SMILES string of the molecule is CCC[C@](N)(CCc1ccc(Sc2cc(C(C)=O)ccc2O)cc1Cl)COP(=O)(O)O. The highest BCUT2D eigenvalue weighted by Gasteiger charge is 2.28. The van der Waals surface area contributed by atoms with Crippen LogP contribution in [0.4, 0.5) is 0 Å². The number of ketones is 1. The first-order valence-corrected chi connectivity index (χ1v) is 12.4. The van der Waals surface area contributed by atoms with E-state index in [1.54, 1.807) is 18.2 Å². The van der Waals surface area contributed by atoms with Crippen molar-refractivity contribution < 1.29 is 28.8 Å². The number of phenols is 1. The van der Waals surface area contributed by atoms with E-state index in [9.17, 15) is 14.5 Å². The van der Waals surface area contributed by atoms with Gasteiger partial charge < -0.3 is 20.6 Å². The van der Waals surface area contributed by atoms with E-state index in [4.69, 9.17) is 27.1 Å². The fourth-order valence-corrected chi connectivity index (χ4v) is 4.79. The van der Waals surface area contributed by atoms with E-state index in [1.807, 2.05) is 19.1 Å². The quantitative estimate of drug-likeness (QED) is 0.259. The average Bonchev–Trinajstić information content (AvgIpc) is 2.67. The summed E-state index contributed by atoms with van der Waals surface area (Å²) >= 11 is 7.74. The number of hydrogen-bond acceptors (Lipinski definition) is 6. The summed E-state index contributed by atoms with van der Waals surface area (Å²) in [6.45, 7) is 3.16. The number of Topliss-reactive ketones (excluding diaryl/α,β-unsaturated/α-hetero) is 1. The molecule has 0 heterocycles. The van der Waals surface area contributed by atoms with Gasteiger partial charge in [-0.2, -0.15) is 0 Å².